The van der Waals surface area contributed by atoms with E-state index in [-0.39, 0.29) is 6.42 Å². The number of rotatable bonds is 8. The van der Waals surface area contributed by atoms with E-state index in [9.17, 15) is 4.79 Å². The molecule has 0 heterocycles. The molecule has 1 N–H and O–H groups in total. The van der Waals surface area contributed by atoms with Gasteiger partial charge in [0, 0.05) is 5.56 Å². The van der Waals surface area contributed by atoms with Gasteiger partial charge in [-0.1, -0.05) is 39.3 Å². The maximum absolute atomic E-state index is 10.9. The summed E-state index contributed by atoms with van der Waals surface area (Å²) in [6, 6.07) is 4.21. The Labute approximate surface area is 134 Å². The SMILES string of the molecule is CCC/C(=C\CC(=O)O)c1cc(C)cc(C)c1OCC(C)C. The number of hydrogen-bond acceptors (Lipinski definition) is 2. The third-order valence-electron chi connectivity index (χ3n) is 3.37. The summed E-state index contributed by atoms with van der Waals surface area (Å²) in [5, 5.41) is 8.96. The fourth-order valence-corrected chi connectivity index (χ4v) is 2.46. The van der Waals surface area contributed by atoms with Gasteiger partial charge in [-0.2, -0.15) is 0 Å². The van der Waals surface area contributed by atoms with Gasteiger partial charge >= 0.3 is 5.97 Å². The number of allylic oxidation sites excluding steroid dienone is 1. The maximum Gasteiger partial charge on any atom is 0.307 e. The summed E-state index contributed by atoms with van der Waals surface area (Å²) in [7, 11) is 0. The largest absolute Gasteiger partial charge is 0.492 e. The highest BCUT2D eigenvalue weighted by Gasteiger charge is 2.13. The molecule has 0 amide bonds. The van der Waals surface area contributed by atoms with E-state index in [1.54, 1.807) is 0 Å². The number of carbonyl (C=O) groups is 1. The summed E-state index contributed by atoms with van der Waals surface area (Å²) in [6.07, 6.45) is 3.70. The molecule has 1 aromatic carbocycles. The van der Waals surface area contributed by atoms with Crippen LogP contribution in [0.3, 0.4) is 0 Å². The van der Waals surface area contributed by atoms with Gasteiger partial charge in [-0.25, -0.2) is 0 Å². The zero-order chi connectivity index (χ0) is 16.7. The Hall–Kier alpha value is -1.77. The second kappa shape index (κ2) is 8.62. The standard InChI is InChI=1S/C19H28O3/c1-6-7-16(8-9-18(20)21)17-11-14(4)10-15(5)19(17)22-12-13(2)3/h8,10-11,13H,6-7,9,12H2,1-5H3,(H,20,21)/b16-8+. The summed E-state index contributed by atoms with van der Waals surface area (Å²) in [6.45, 7) is 11.1. The first kappa shape index (κ1) is 18.3. The minimum Gasteiger partial charge on any atom is -0.492 e. The highest BCUT2D eigenvalue weighted by Crippen LogP contribution is 2.34. The molecule has 3 nitrogen and oxygen atoms in total. The Balaban J connectivity index is 3.26. The normalized spacial score (nSPS) is 11.8. The fraction of sp³-hybridized carbons (Fsp3) is 0.526. The summed E-state index contributed by atoms with van der Waals surface area (Å²) in [5.74, 6) is 0.540. The third-order valence-corrected chi connectivity index (χ3v) is 3.37. The highest BCUT2D eigenvalue weighted by molar-refractivity contribution is 5.77. The molecule has 0 radical (unpaired) electrons. The van der Waals surface area contributed by atoms with Gasteiger partial charge in [0.25, 0.3) is 0 Å². The van der Waals surface area contributed by atoms with Gasteiger partial charge < -0.3 is 9.84 Å². The average molecular weight is 304 g/mol. The molecule has 0 saturated carbocycles. The molecular weight excluding hydrogens is 276 g/mol. The lowest BCUT2D eigenvalue weighted by atomic mass is 9.95. The van der Waals surface area contributed by atoms with Crippen LogP contribution >= 0.6 is 0 Å². The maximum atomic E-state index is 10.9. The van der Waals surface area contributed by atoms with E-state index >= 15 is 0 Å². The van der Waals surface area contributed by atoms with Gasteiger partial charge in [0.05, 0.1) is 13.0 Å². The van der Waals surface area contributed by atoms with E-state index in [0.29, 0.717) is 12.5 Å². The van der Waals surface area contributed by atoms with Crippen LogP contribution < -0.4 is 4.74 Å². The monoisotopic (exact) mass is 304 g/mol. The predicted octanol–water partition coefficient (Wildman–Crippen LogP) is 5.00. The van der Waals surface area contributed by atoms with Crippen molar-refractivity contribution >= 4 is 11.5 Å². The number of ether oxygens (including phenoxy) is 1. The van der Waals surface area contributed by atoms with Gasteiger partial charge in [0.1, 0.15) is 5.75 Å². The Kier molecular flexibility index (Phi) is 7.16. The van der Waals surface area contributed by atoms with Gasteiger partial charge in [-0.05, 0) is 49.0 Å². The molecule has 0 aliphatic rings. The minimum atomic E-state index is -0.803. The van der Waals surface area contributed by atoms with Crippen molar-refractivity contribution in [2.75, 3.05) is 6.61 Å². The Bertz CT molecular complexity index is 542. The van der Waals surface area contributed by atoms with Gasteiger partial charge in [0.2, 0.25) is 0 Å². The van der Waals surface area contributed by atoms with Crippen LogP contribution in [-0.2, 0) is 4.79 Å². The van der Waals surface area contributed by atoms with E-state index in [1.807, 2.05) is 13.0 Å². The zero-order valence-corrected chi connectivity index (χ0v) is 14.4. The van der Waals surface area contributed by atoms with Crippen molar-refractivity contribution in [3.8, 4) is 5.75 Å². The molecule has 0 atom stereocenters. The first-order valence-electron chi connectivity index (χ1n) is 8.00. The molecule has 0 aliphatic carbocycles. The lowest BCUT2D eigenvalue weighted by Gasteiger charge is -2.18. The molecule has 0 unspecified atom stereocenters. The number of aliphatic carboxylic acids is 1. The van der Waals surface area contributed by atoms with Crippen molar-refractivity contribution in [1.82, 2.24) is 0 Å². The number of carboxylic acids is 1. The first-order valence-corrected chi connectivity index (χ1v) is 8.00. The lowest BCUT2D eigenvalue weighted by molar-refractivity contribution is -0.135. The smallest absolute Gasteiger partial charge is 0.307 e. The van der Waals surface area contributed by atoms with Crippen molar-refractivity contribution in [3.05, 3.63) is 34.9 Å². The van der Waals surface area contributed by atoms with Crippen LogP contribution in [0.1, 0.15) is 56.7 Å². The zero-order valence-electron chi connectivity index (χ0n) is 14.4. The average Bonchev–Trinajstić information content (AvgIpc) is 2.41. The summed E-state index contributed by atoms with van der Waals surface area (Å²) in [4.78, 5) is 10.9. The van der Waals surface area contributed by atoms with Crippen LogP contribution in [0.5, 0.6) is 5.75 Å². The molecule has 0 fully saturated rings. The van der Waals surface area contributed by atoms with Crippen molar-refractivity contribution in [3.63, 3.8) is 0 Å². The molecule has 0 saturated heterocycles. The number of hydrogen-bond donors (Lipinski definition) is 1. The second-order valence-electron chi connectivity index (χ2n) is 6.24. The van der Waals surface area contributed by atoms with Gasteiger partial charge in [0.15, 0.2) is 0 Å². The van der Waals surface area contributed by atoms with E-state index in [2.05, 4.69) is 39.8 Å². The van der Waals surface area contributed by atoms with E-state index in [4.69, 9.17) is 9.84 Å². The van der Waals surface area contributed by atoms with Crippen LogP contribution in [0.25, 0.3) is 5.57 Å². The fourth-order valence-electron chi connectivity index (χ4n) is 2.46. The third kappa shape index (κ3) is 5.55. The van der Waals surface area contributed by atoms with Crippen molar-refractivity contribution < 1.29 is 14.6 Å². The summed E-state index contributed by atoms with van der Waals surface area (Å²) in [5.41, 5.74) is 4.38. The molecule has 122 valence electrons. The Morgan fingerprint density at radius 1 is 1.32 bits per heavy atom. The number of carboxylic acid groups (broad SMARTS) is 1. The molecule has 22 heavy (non-hydrogen) atoms. The molecule has 0 spiro atoms. The van der Waals surface area contributed by atoms with Crippen molar-refractivity contribution in [2.24, 2.45) is 5.92 Å². The number of benzene rings is 1. The second-order valence-corrected chi connectivity index (χ2v) is 6.24. The predicted molar refractivity (Wildman–Crippen MR) is 91.4 cm³/mol. The molecule has 0 aliphatic heterocycles. The summed E-state index contributed by atoms with van der Waals surface area (Å²) >= 11 is 0. The molecule has 1 rings (SSSR count). The van der Waals surface area contributed by atoms with Crippen LogP contribution in [0, 0.1) is 19.8 Å². The van der Waals surface area contributed by atoms with Crippen LogP contribution in [0.15, 0.2) is 18.2 Å². The molecule has 1 aromatic rings. The molecular formula is C19H28O3. The Morgan fingerprint density at radius 3 is 2.55 bits per heavy atom. The minimum absolute atomic E-state index is 0.0476. The van der Waals surface area contributed by atoms with Crippen molar-refractivity contribution in [2.45, 2.75) is 53.9 Å². The Morgan fingerprint density at radius 2 is 2.00 bits per heavy atom. The van der Waals surface area contributed by atoms with Crippen LogP contribution in [0.2, 0.25) is 0 Å². The topological polar surface area (TPSA) is 46.5 Å². The number of aryl methyl sites for hydroxylation is 2. The van der Waals surface area contributed by atoms with Crippen molar-refractivity contribution in [1.29, 1.82) is 0 Å². The highest BCUT2D eigenvalue weighted by atomic mass is 16.5. The first-order chi connectivity index (χ1) is 10.3. The van der Waals surface area contributed by atoms with E-state index in [0.717, 1.165) is 35.3 Å². The summed E-state index contributed by atoms with van der Waals surface area (Å²) < 4.78 is 6.03. The molecule has 0 aromatic heterocycles. The van der Waals surface area contributed by atoms with Crippen LogP contribution in [0.4, 0.5) is 0 Å². The quantitative estimate of drug-likeness (QED) is 0.735. The lowest BCUT2D eigenvalue weighted by Crippen LogP contribution is -2.08. The molecule has 0 bridgehead atoms. The van der Waals surface area contributed by atoms with Gasteiger partial charge in [-0.15, -0.1) is 0 Å². The van der Waals surface area contributed by atoms with E-state index < -0.39 is 5.97 Å². The van der Waals surface area contributed by atoms with E-state index in [1.165, 1.54) is 5.56 Å². The van der Waals surface area contributed by atoms with Gasteiger partial charge in [-0.3, -0.25) is 4.79 Å². The van der Waals surface area contributed by atoms with Crippen LogP contribution in [-0.4, -0.2) is 17.7 Å². The molecule has 3 heteroatoms.